The van der Waals surface area contributed by atoms with Crippen LogP contribution in [0.4, 0.5) is 13.2 Å². The Balaban J connectivity index is 2.51. The van der Waals surface area contributed by atoms with Crippen LogP contribution in [0.3, 0.4) is 0 Å². The predicted molar refractivity (Wildman–Crippen MR) is 53.5 cm³/mol. The van der Waals surface area contributed by atoms with Crippen LogP contribution < -0.4 is 0 Å². The zero-order chi connectivity index (χ0) is 11.5. The number of hydrogen-bond donors (Lipinski definition) is 0. The number of alkyl halides is 3. The summed E-state index contributed by atoms with van der Waals surface area (Å²) in [6.45, 7) is 0. The summed E-state index contributed by atoms with van der Waals surface area (Å²) in [5.41, 5.74) is 0.718. The molecule has 0 heterocycles. The average molecular weight is 281 g/mol. The lowest BCUT2D eigenvalue weighted by Gasteiger charge is -2.04. The number of carbonyl (C=O) groups is 1. The van der Waals surface area contributed by atoms with E-state index in [4.69, 9.17) is 0 Å². The second-order valence-corrected chi connectivity index (χ2v) is 3.96. The maximum atomic E-state index is 11.9. The van der Waals surface area contributed by atoms with Crippen LogP contribution in [0, 0.1) is 0 Å². The lowest BCUT2D eigenvalue weighted by Crippen LogP contribution is -2.22. The first-order valence-electron chi connectivity index (χ1n) is 4.24. The first-order valence-corrected chi connectivity index (χ1v) is 5.03. The Kier molecular flexibility index (Phi) is 3.90. The van der Waals surface area contributed by atoms with E-state index in [2.05, 4.69) is 15.9 Å². The van der Waals surface area contributed by atoms with Crippen molar-refractivity contribution in [2.75, 3.05) is 0 Å². The Morgan fingerprint density at radius 3 is 2.20 bits per heavy atom. The zero-order valence-electron chi connectivity index (χ0n) is 7.64. The van der Waals surface area contributed by atoms with Gasteiger partial charge < -0.3 is 0 Å². The standard InChI is InChI=1S/C10H8BrF3O/c11-8-4-1-7(2-5-8)3-6-9(15)10(12,13)14/h1-2,4-5H,3,6H2. The van der Waals surface area contributed by atoms with Gasteiger partial charge in [-0.1, -0.05) is 28.1 Å². The molecule has 0 aliphatic carbocycles. The molecule has 0 fully saturated rings. The summed E-state index contributed by atoms with van der Waals surface area (Å²) in [7, 11) is 0. The van der Waals surface area contributed by atoms with Gasteiger partial charge in [-0.25, -0.2) is 0 Å². The summed E-state index contributed by atoms with van der Waals surface area (Å²) in [5, 5.41) is 0. The van der Waals surface area contributed by atoms with Crippen LogP contribution >= 0.6 is 15.9 Å². The van der Waals surface area contributed by atoms with Crippen molar-refractivity contribution in [2.24, 2.45) is 0 Å². The molecule has 5 heteroatoms. The first-order chi connectivity index (χ1) is 6.89. The average Bonchev–Trinajstić information content (AvgIpc) is 2.15. The number of benzene rings is 1. The minimum atomic E-state index is -4.71. The third-order valence-electron chi connectivity index (χ3n) is 1.87. The molecule has 0 aliphatic heterocycles. The quantitative estimate of drug-likeness (QED) is 0.828. The number of halogens is 4. The van der Waals surface area contributed by atoms with Crippen molar-refractivity contribution in [3.8, 4) is 0 Å². The SMILES string of the molecule is O=C(CCc1ccc(Br)cc1)C(F)(F)F. The molecule has 0 spiro atoms. The Morgan fingerprint density at radius 1 is 1.20 bits per heavy atom. The molecule has 0 atom stereocenters. The molecule has 0 saturated heterocycles. The molecular weight excluding hydrogens is 273 g/mol. The van der Waals surface area contributed by atoms with Crippen LogP contribution in [0.2, 0.25) is 0 Å². The molecule has 0 saturated carbocycles. The zero-order valence-corrected chi connectivity index (χ0v) is 9.23. The normalized spacial score (nSPS) is 11.5. The second kappa shape index (κ2) is 4.79. The minimum Gasteiger partial charge on any atom is -0.290 e. The van der Waals surface area contributed by atoms with E-state index < -0.39 is 18.4 Å². The van der Waals surface area contributed by atoms with Crippen LogP contribution in [0.25, 0.3) is 0 Å². The van der Waals surface area contributed by atoms with Crippen molar-refractivity contribution in [1.82, 2.24) is 0 Å². The Hall–Kier alpha value is -0.840. The number of carbonyl (C=O) groups excluding carboxylic acids is 1. The van der Waals surface area contributed by atoms with Crippen LogP contribution in [0.15, 0.2) is 28.7 Å². The highest BCUT2D eigenvalue weighted by molar-refractivity contribution is 9.10. The van der Waals surface area contributed by atoms with Crippen molar-refractivity contribution < 1.29 is 18.0 Å². The number of hydrogen-bond acceptors (Lipinski definition) is 1. The van der Waals surface area contributed by atoms with E-state index in [-0.39, 0.29) is 6.42 Å². The molecule has 15 heavy (non-hydrogen) atoms. The third-order valence-corrected chi connectivity index (χ3v) is 2.40. The van der Waals surface area contributed by atoms with Crippen molar-refractivity contribution >= 4 is 21.7 Å². The first kappa shape index (κ1) is 12.2. The number of Topliss-reactive ketones (excluding diaryl/α,β-unsaturated/α-hetero) is 1. The molecule has 1 nitrogen and oxygen atoms in total. The van der Waals surface area contributed by atoms with Gasteiger partial charge in [0.05, 0.1) is 0 Å². The summed E-state index contributed by atoms with van der Waals surface area (Å²) in [6, 6.07) is 6.84. The van der Waals surface area contributed by atoms with Crippen molar-refractivity contribution in [3.63, 3.8) is 0 Å². The molecule has 0 N–H and O–H groups in total. The van der Waals surface area contributed by atoms with Crippen LogP contribution in [-0.2, 0) is 11.2 Å². The van der Waals surface area contributed by atoms with Gasteiger partial charge in [0.2, 0.25) is 5.78 Å². The molecule has 0 radical (unpaired) electrons. The summed E-state index contributed by atoms with van der Waals surface area (Å²) in [6.07, 6.45) is -5.09. The molecule has 1 aromatic rings. The van der Waals surface area contributed by atoms with Crippen molar-refractivity contribution in [1.29, 1.82) is 0 Å². The number of aryl methyl sites for hydroxylation is 1. The Bertz CT molecular complexity index is 343. The van der Waals surface area contributed by atoms with E-state index in [1.807, 2.05) is 0 Å². The lowest BCUT2D eigenvalue weighted by atomic mass is 10.1. The topological polar surface area (TPSA) is 17.1 Å². The largest absolute Gasteiger partial charge is 0.449 e. The highest BCUT2D eigenvalue weighted by Crippen LogP contribution is 2.19. The highest BCUT2D eigenvalue weighted by Gasteiger charge is 2.37. The molecule has 0 bridgehead atoms. The molecule has 1 rings (SSSR count). The van der Waals surface area contributed by atoms with E-state index in [1.54, 1.807) is 24.3 Å². The van der Waals surface area contributed by atoms with Crippen LogP contribution in [0.5, 0.6) is 0 Å². The molecule has 0 amide bonds. The van der Waals surface area contributed by atoms with E-state index >= 15 is 0 Å². The number of rotatable bonds is 3. The fourth-order valence-electron chi connectivity index (χ4n) is 1.05. The summed E-state index contributed by atoms with van der Waals surface area (Å²) < 4.78 is 36.4. The van der Waals surface area contributed by atoms with Crippen LogP contribution in [0.1, 0.15) is 12.0 Å². The van der Waals surface area contributed by atoms with Gasteiger partial charge >= 0.3 is 6.18 Å². The van der Waals surface area contributed by atoms with E-state index in [1.165, 1.54) is 0 Å². The summed E-state index contributed by atoms with van der Waals surface area (Å²) in [5.74, 6) is -1.68. The van der Waals surface area contributed by atoms with E-state index in [0.29, 0.717) is 0 Å². The smallest absolute Gasteiger partial charge is 0.290 e. The molecule has 0 aromatic heterocycles. The predicted octanol–water partition coefficient (Wildman–Crippen LogP) is 3.51. The maximum absolute atomic E-state index is 11.9. The fraction of sp³-hybridized carbons (Fsp3) is 0.300. The van der Waals surface area contributed by atoms with Crippen molar-refractivity contribution in [2.45, 2.75) is 19.0 Å². The Morgan fingerprint density at radius 2 is 1.73 bits per heavy atom. The van der Waals surface area contributed by atoms with Gasteiger partial charge in [0.25, 0.3) is 0 Å². The lowest BCUT2D eigenvalue weighted by molar-refractivity contribution is -0.171. The van der Waals surface area contributed by atoms with Crippen LogP contribution in [-0.4, -0.2) is 12.0 Å². The minimum absolute atomic E-state index is 0.117. The Labute approximate surface area is 93.4 Å². The summed E-state index contributed by atoms with van der Waals surface area (Å²) >= 11 is 3.21. The van der Waals surface area contributed by atoms with Gasteiger partial charge in [-0.05, 0) is 24.1 Å². The van der Waals surface area contributed by atoms with Crippen molar-refractivity contribution in [3.05, 3.63) is 34.3 Å². The monoisotopic (exact) mass is 280 g/mol. The third kappa shape index (κ3) is 4.03. The second-order valence-electron chi connectivity index (χ2n) is 3.05. The van der Waals surface area contributed by atoms with Gasteiger partial charge in [0, 0.05) is 10.9 Å². The number of ketones is 1. The summed E-state index contributed by atoms with van der Waals surface area (Å²) in [4.78, 5) is 10.6. The van der Waals surface area contributed by atoms with Gasteiger partial charge in [-0.15, -0.1) is 0 Å². The van der Waals surface area contributed by atoms with E-state index in [9.17, 15) is 18.0 Å². The maximum Gasteiger partial charge on any atom is 0.449 e. The van der Waals surface area contributed by atoms with Gasteiger partial charge in [-0.3, -0.25) is 4.79 Å². The molecule has 82 valence electrons. The molecule has 0 unspecified atom stereocenters. The van der Waals surface area contributed by atoms with Gasteiger partial charge in [0.1, 0.15) is 0 Å². The highest BCUT2D eigenvalue weighted by atomic mass is 79.9. The van der Waals surface area contributed by atoms with Gasteiger partial charge in [-0.2, -0.15) is 13.2 Å². The molecule has 0 aliphatic rings. The molecular formula is C10H8BrF3O. The molecule has 1 aromatic carbocycles. The van der Waals surface area contributed by atoms with E-state index in [0.717, 1.165) is 10.0 Å². The van der Waals surface area contributed by atoms with Gasteiger partial charge in [0.15, 0.2) is 0 Å². The fourth-order valence-corrected chi connectivity index (χ4v) is 1.32.